The first-order chi connectivity index (χ1) is 7.86. The molecule has 1 aliphatic heterocycles. The SMILES string of the molecule is CC1(C)OB(C(=[C-]CC2CC2)C=[N-])OC1(C)C.[CH3-].[Li+]. The van der Waals surface area contributed by atoms with Gasteiger partial charge in [-0.1, -0.05) is 18.8 Å². The molecule has 2 fully saturated rings. The average Bonchev–Trinajstić information content (AvgIpc) is 2.97. The van der Waals surface area contributed by atoms with E-state index in [0.29, 0.717) is 5.47 Å². The second-order valence-electron chi connectivity index (χ2n) is 6.00. The number of allylic oxidation sites excluding steroid dienone is 2. The topological polar surface area (TPSA) is 40.8 Å². The first-order valence-corrected chi connectivity index (χ1v) is 6.29. The summed E-state index contributed by atoms with van der Waals surface area (Å²) < 4.78 is 11.7. The third-order valence-corrected chi connectivity index (χ3v) is 3.94. The molecule has 0 radical (unpaired) electrons. The zero-order valence-corrected chi connectivity index (χ0v) is 13.1. The molecule has 0 aromatic heterocycles. The van der Waals surface area contributed by atoms with E-state index in [4.69, 9.17) is 9.31 Å². The second-order valence-corrected chi connectivity index (χ2v) is 6.00. The fraction of sp³-hybridized carbons (Fsp3) is 0.714. The first-order valence-electron chi connectivity index (χ1n) is 6.29. The van der Waals surface area contributed by atoms with E-state index in [1.165, 1.54) is 12.8 Å². The number of rotatable bonds is 4. The van der Waals surface area contributed by atoms with Crippen molar-refractivity contribution in [2.75, 3.05) is 0 Å². The Kier molecular flexibility index (Phi) is 6.63. The smallest absolute Gasteiger partial charge is 0.911 e. The van der Waals surface area contributed by atoms with E-state index in [0.717, 1.165) is 18.6 Å². The summed E-state index contributed by atoms with van der Waals surface area (Å²) in [5.74, 6) is 0.743. The maximum atomic E-state index is 9.28. The number of hydrogen-bond acceptors (Lipinski definition) is 2. The molecule has 0 amide bonds. The van der Waals surface area contributed by atoms with E-state index < -0.39 is 7.12 Å². The van der Waals surface area contributed by atoms with E-state index in [1.54, 1.807) is 0 Å². The molecule has 1 aliphatic carbocycles. The third-order valence-electron chi connectivity index (χ3n) is 3.94. The van der Waals surface area contributed by atoms with Crippen LogP contribution in [0.5, 0.6) is 0 Å². The maximum Gasteiger partial charge on any atom is 1.00 e. The molecule has 1 saturated heterocycles. The summed E-state index contributed by atoms with van der Waals surface area (Å²) >= 11 is 0. The van der Waals surface area contributed by atoms with Crippen molar-refractivity contribution >= 4 is 13.3 Å². The van der Waals surface area contributed by atoms with Gasteiger partial charge in [-0.2, -0.15) is 0 Å². The summed E-state index contributed by atoms with van der Waals surface area (Å²) in [4.78, 5) is 0. The van der Waals surface area contributed by atoms with E-state index in [1.807, 2.05) is 27.7 Å². The molecule has 0 atom stereocenters. The Labute approximate surface area is 130 Å². The summed E-state index contributed by atoms with van der Waals surface area (Å²) in [5, 5.41) is 9.28. The van der Waals surface area contributed by atoms with Gasteiger partial charge >= 0.3 is 26.0 Å². The summed E-state index contributed by atoms with van der Waals surface area (Å²) in [5.41, 5.74) is -0.115. The van der Waals surface area contributed by atoms with E-state index in [-0.39, 0.29) is 37.5 Å². The van der Waals surface area contributed by atoms with Crippen LogP contribution in [0.15, 0.2) is 5.47 Å². The van der Waals surface area contributed by atoms with Crippen LogP contribution in [0.25, 0.3) is 5.41 Å². The standard InChI is InChI=1S/C13H20BNO2.CH3.Li/c1-12(2)13(3,4)17-14(16-12)11(9-15)8-7-10-5-6-10;;/h9-10H,5-7H2,1-4H3;1H3;/q-2;-1;+1. The third kappa shape index (κ3) is 4.23. The van der Waals surface area contributed by atoms with Gasteiger partial charge in [0.25, 0.3) is 0 Å². The van der Waals surface area contributed by atoms with E-state index >= 15 is 0 Å². The minimum absolute atomic E-state index is 0. The Morgan fingerprint density at radius 1 is 1.26 bits per heavy atom. The predicted molar refractivity (Wildman–Crippen MR) is 76.0 cm³/mol. The zero-order chi connectivity index (χ0) is 12.7. The summed E-state index contributed by atoms with van der Waals surface area (Å²) in [6.45, 7) is 8.01. The zero-order valence-electron chi connectivity index (χ0n) is 13.1. The number of nitrogens with zero attached hydrogens (tertiary/aromatic N) is 1. The molecule has 0 spiro atoms. The van der Waals surface area contributed by atoms with Crippen molar-refractivity contribution in [3.05, 3.63) is 24.4 Å². The molecule has 5 heteroatoms. The van der Waals surface area contributed by atoms with Crippen molar-refractivity contribution < 1.29 is 28.2 Å². The molecule has 1 heterocycles. The van der Waals surface area contributed by atoms with Gasteiger partial charge in [-0.25, -0.2) is 5.47 Å². The summed E-state index contributed by atoms with van der Waals surface area (Å²) in [7, 11) is -0.497. The van der Waals surface area contributed by atoms with Crippen LogP contribution in [-0.2, 0) is 9.31 Å². The Morgan fingerprint density at radius 2 is 1.74 bits per heavy atom. The summed E-state index contributed by atoms with van der Waals surface area (Å²) in [6.07, 6.45) is 7.70. The minimum Gasteiger partial charge on any atom is -0.911 e. The molecule has 0 aromatic rings. The van der Waals surface area contributed by atoms with Crippen molar-refractivity contribution in [3.8, 4) is 0 Å². The van der Waals surface area contributed by atoms with Gasteiger partial charge in [0.2, 0.25) is 0 Å². The van der Waals surface area contributed by atoms with Crippen LogP contribution in [0.1, 0.15) is 47.0 Å². The first kappa shape index (κ1) is 19.0. The molecule has 19 heavy (non-hydrogen) atoms. The van der Waals surface area contributed by atoms with Crippen molar-refractivity contribution in [1.29, 1.82) is 0 Å². The Morgan fingerprint density at radius 3 is 2.11 bits per heavy atom. The average molecular weight is 255 g/mol. The Balaban J connectivity index is 0.00000162. The van der Waals surface area contributed by atoms with Crippen molar-refractivity contribution in [2.24, 2.45) is 5.92 Å². The van der Waals surface area contributed by atoms with Crippen LogP contribution < -0.4 is 18.9 Å². The molecule has 0 N–H and O–H groups in total. The fourth-order valence-electron chi connectivity index (χ4n) is 1.74. The quantitative estimate of drug-likeness (QED) is 0.410. The van der Waals surface area contributed by atoms with Gasteiger partial charge < -0.3 is 28.4 Å². The van der Waals surface area contributed by atoms with E-state index in [2.05, 4.69) is 6.08 Å². The molecule has 2 rings (SSSR count). The van der Waals surface area contributed by atoms with E-state index in [9.17, 15) is 5.41 Å². The van der Waals surface area contributed by atoms with Gasteiger partial charge in [0.15, 0.2) is 0 Å². The van der Waals surface area contributed by atoms with Gasteiger partial charge in [-0.05, 0) is 27.7 Å². The van der Waals surface area contributed by atoms with Crippen molar-refractivity contribution in [1.82, 2.24) is 0 Å². The van der Waals surface area contributed by atoms with Crippen molar-refractivity contribution in [3.63, 3.8) is 0 Å². The van der Waals surface area contributed by atoms with Gasteiger partial charge in [-0.3, -0.25) is 6.08 Å². The summed E-state index contributed by atoms with van der Waals surface area (Å²) in [6, 6.07) is 0. The molecule has 0 bridgehead atoms. The molecule has 1 saturated carbocycles. The molecular formula is C14H23BLiNO2-2. The minimum atomic E-state index is -0.497. The molecular weight excluding hydrogens is 232 g/mol. The van der Waals surface area contributed by atoms with Crippen LogP contribution >= 0.6 is 0 Å². The molecule has 0 aromatic carbocycles. The molecule has 0 unspecified atom stereocenters. The largest absolute Gasteiger partial charge is 1.00 e. The Hall–Kier alpha value is -0.00766. The number of hydrogen-bond donors (Lipinski definition) is 0. The van der Waals surface area contributed by atoms with Gasteiger partial charge in [0.05, 0.1) is 11.2 Å². The monoisotopic (exact) mass is 255 g/mol. The normalized spacial score (nSPS) is 24.4. The second kappa shape index (κ2) is 6.63. The van der Waals surface area contributed by atoms with Crippen LogP contribution in [0.4, 0.5) is 0 Å². The molecule has 2 aliphatic rings. The van der Waals surface area contributed by atoms with Crippen LogP contribution in [0.3, 0.4) is 0 Å². The maximum absolute atomic E-state index is 9.28. The Bertz CT molecular complexity index is 335. The molecule has 102 valence electrons. The van der Waals surface area contributed by atoms with Crippen molar-refractivity contribution in [2.45, 2.75) is 58.2 Å². The van der Waals surface area contributed by atoms with Crippen LogP contribution in [0, 0.1) is 19.4 Å². The van der Waals surface area contributed by atoms with Crippen LogP contribution in [0.2, 0.25) is 0 Å². The fourth-order valence-corrected chi connectivity index (χ4v) is 1.74. The van der Waals surface area contributed by atoms with Gasteiger partial charge in [0.1, 0.15) is 0 Å². The van der Waals surface area contributed by atoms with Crippen LogP contribution in [-0.4, -0.2) is 24.5 Å². The molecule has 3 nitrogen and oxygen atoms in total. The van der Waals surface area contributed by atoms with Gasteiger partial charge in [0, 0.05) is 0 Å². The predicted octanol–water partition coefficient (Wildman–Crippen LogP) is 0.242. The van der Waals surface area contributed by atoms with Gasteiger partial charge in [-0.15, -0.1) is 6.42 Å².